The van der Waals surface area contributed by atoms with Crippen LogP contribution in [0.3, 0.4) is 0 Å². The molecule has 2 nitrogen and oxygen atoms in total. The molecule has 19 heavy (non-hydrogen) atoms. The van der Waals surface area contributed by atoms with Crippen molar-refractivity contribution in [2.45, 2.75) is 31.3 Å². The van der Waals surface area contributed by atoms with E-state index in [1.807, 2.05) is 0 Å². The lowest BCUT2D eigenvalue weighted by molar-refractivity contribution is 0.0161. The van der Waals surface area contributed by atoms with Crippen molar-refractivity contribution >= 4 is 11.6 Å². The molecule has 1 heterocycles. The van der Waals surface area contributed by atoms with Crippen molar-refractivity contribution < 1.29 is 13.9 Å². The van der Waals surface area contributed by atoms with Gasteiger partial charge in [0.2, 0.25) is 0 Å². The zero-order valence-corrected chi connectivity index (χ0v) is 11.1. The Balaban J connectivity index is 1.97. The van der Waals surface area contributed by atoms with Crippen LogP contribution < -0.4 is 0 Å². The van der Waals surface area contributed by atoms with E-state index in [-0.39, 0.29) is 12.2 Å². The van der Waals surface area contributed by atoms with Gasteiger partial charge in [-0.2, -0.15) is 0 Å². The fourth-order valence-corrected chi connectivity index (χ4v) is 3.00. The molecule has 0 aliphatic heterocycles. The Morgan fingerprint density at radius 2 is 2.21 bits per heavy atom. The molecule has 0 radical (unpaired) electrons. The molecule has 4 heteroatoms. The first-order valence-electron chi connectivity index (χ1n) is 6.32. The SMILES string of the molecule is OC1(Cc2cc(Cl)ccc2F)CCCc2occc21. The Morgan fingerprint density at radius 1 is 1.37 bits per heavy atom. The molecule has 100 valence electrons. The second-order valence-electron chi connectivity index (χ2n) is 5.06. The second kappa shape index (κ2) is 4.66. The molecule has 1 aromatic heterocycles. The molecule has 2 aromatic rings. The Bertz CT molecular complexity index is 608. The average Bonchev–Trinajstić information content (AvgIpc) is 2.84. The molecular weight excluding hydrogens is 267 g/mol. The number of hydrogen-bond acceptors (Lipinski definition) is 2. The number of furan rings is 1. The number of aryl methyl sites for hydroxylation is 1. The lowest BCUT2D eigenvalue weighted by Crippen LogP contribution is -2.32. The molecular formula is C15H14ClFO2. The summed E-state index contributed by atoms with van der Waals surface area (Å²) < 4.78 is 19.2. The summed E-state index contributed by atoms with van der Waals surface area (Å²) in [5, 5.41) is 11.3. The molecule has 1 aliphatic rings. The van der Waals surface area contributed by atoms with Crippen LogP contribution in [0.4, 0.5) is 4.39 Å². The van der Waals surface area contributed by atoms with Gasteiger partial charge in [0.05, 0.1) is 11.9 Å². The zero-order valence-electron chi connectivity index (χ0n) is 10.3. The van der Waals surface area contributed by atoms with Crippen LogP contribution in [-0.2, 0) is 18.4 Å². The highest BCUT2D eigenvalue weighted by atomic mass is 35.5. The third kappa shape index (κ3) is 2.28. The number of benzene rings is 1. The summed E-state index contributed by atoms with van der Waals surface area (Å²) in [6.07, 6.45) is 4.05. The van der Waals surface area contributed by atoms with Crippen molar-refractivity contribution in [2.75, 3.05) is 0 Å². The van der Waals surface area contributed by atoms with Gasteiger partial charge in [-0.25, -0.2) is 4.39 Å². The van der Waals surface area contributed by atoms with Crippen LogP contribution in [-0.4, -0.2) is 5.11 Å². The molecule has 1 N–H and O–H groups in total. The lowest BCUT2D eigenvalue weighted by atomic mass is 9.79. The zero-order chi connectivity index (χ0) is 13.5. The van der Waals surface area contributed by atoms with E-state index in [0.717, 1.165) is 24.2 Å². The van der Waals surface area contributed by atoms with Crippen LogP contribution >= 0.6 is 11.6 Å². The first-order chi connectivity index (χ1) is 9.08. The van der Waals surface area contributed by atoms with E-state index in [1.54, 1.807) is 18.4 Å². The van der Waals surface area contributed by atoms with Crippen LogP contribution in [0.1, 0.15) is 29.7 Å². The Morgan fingerprint density at radius 3 is 3.05 bits per heavy atom. The molecule has 1 atom stereocenters. The van der Waals surface area contributed by atoms with E-state index in [1.165, 1.54) is 12.1 Å². The lowest BCUT2D eigenvalue weighted by Gasteiger charge is -2.32. The minimum absolute atomic E-state index is 0.214. The highest BCUT2D eigenvalue weighted by Gasteiger charge is 2.36. The van der Waals surface area contributed by atoms with Gasteiger partial charge < -0.3 is 9.52 Å². The van der Waals surface area contributed by atoms with Crippen LogP contribution in [0, 0.1) is 5.82 Å². The summed E-state index contributed by atoms with van der Waals surface area (Å²) in [6, 6.07) is 6.19. The van der Waals surface area contributed by atoms with Gasteiger partial charge in [0.15, 0.2) is 0 Å². The van der Waals surface area contributed by atoms with E-state index >= 15 is 0 Å². The summed E-state index contributed by atoms with van der Waals surface area (Å²) >= 11 is 5.89. The second-order valence-corrected chi connectivity index (χ2v) is 5.49. The normalized spacial score (nSPS) is 22.3. The van der Waals surface area contributed by atoms with Crippen molar-refractivity contribution in [3.8, 4) is 0 Å². The topological polar surface area (TPSA) is 33.4 Å². The maximum atomic E-state index is 13.8. The quantitative estimate of drug-likeness (QED) is 0.907. The molecule has 1 aromatic carbocycles. The molecule has 0 spiro atoms. The van der Waals surface area contributed by atoms with E-state index in [2.05, 4.69) is 0 Å². The van der Waals surface area contributed by atoms with Gasteiger partial charge in [-0.3, -0.25) is 0 Å². The van der Waals surface area contributed by atoms with Gasteiger partial charge in [0, 0.05) is 23.4 Å². The van der Waals surface area contributed by atoms with Crippen molar-refractivity contribution in [2.24, 2.45) is 0 Å². The van der Waals surface area contributed by atoms with E-state index in [9.17, 15) is 9.50 Å². The Hall–Kier alpha value is -1.32. The molecule has 0 fully saturated rings. The van der Waals surface area contributed by atoms with E-state index in [4.69, 9.17) is 16.0 Å². The highest BCUT2D eigenvalue weighted by Crippen LogP contribution is 2.39. The van der Waals surface area contributed by atoms with Gasteiger partial charge in [0.25, 0.3) is 0 Å². The van der Waals surface area contributed by atoms with Gasteiger partial charge in [-0.05, 0) is 42.7 Å². The van der Waals surface area contributed by atoms with Crippen LogP contribution in [0.25, 0.3) is 0 Å². The van der Waals surface area contributed by atoms with Crippen molar-refractivity contribution in [3.63, 3.8) is 0 Å². The predicted octanol–water partition coefficient (Wildman–Crippen LogP) is 3.84. The van der Waals surface area contributed by atoms with Crippen LogP contribution in [0.2, 0.25) is 5.02 Å². The summed E-state index contributed by atoms with van der Waals surface area (Å²) in [4.78, 5) is 0. The first kappa shape index (κ1) is 12.7. The van der Waals surface area contributed by atoms with Gasteiger partial charge in [-0.1, -0.05) is 11.6 Å². The monoisotopic (exact) mass is 280 g/mol. The van der Waals surface area contributed by atoms with Gasteiger partial charge >= 0.3 is 0 Å². The number of aliphatic hydroxyl groups is 1. The fourth-order valence-electron chi connectivity index (χ4n) is 2.80. The van der Waals surface area contributed by atoms with Crippen molar-refractivity contribution in [1.29, 1.82) is 0 Å². The Kier molecular flexibility index (Phi) is 3.11. The summed E-state index contributed by atoms with van der Waals surface area (Å²) in [6.45, 7) is 0. The predicted molar refractivity (Wildman–Crippen MR) is 70.7 cm³/mol. The largest absolute Gasteiger partial charge is 0.469 e. The summed E-state index contributed by atoms with van der Waals surface area (Å²) in [5.41, 5.74) is 0.147. The third-order valence-electron chi connectivity index (χ3n) is 3.73. The molecule has 0 amide bonds. The standard InChI is InChI=1S/C15H14ClFO2/c16-11-3-4-13(17)10(8-11)9-15(18)6-1-2-14-12(15)5-7-19-14/h3-5,7-8,18H,1-2,6,9H2. The highest BCUT2D eigenvalue weighted by molar-refractivity contribution is 6.30. The number of hydrogen-bond donors (Lipinski definition) is 1. The third-order valence-corrected chi connectivity index (χ3v) is 3.97. The molecule has 3 rings (SSSR count). The van der Waals surface area contributed by atoms with Crippen LogP contribution in [0.5, 0.6) is 0 Å². The van der Waals surface area contributed by atoms with Crippen LogP contribution in [0.15, 0.2) is 34.9 Å². The smallest absolute Gasteiger partial charge is 0.126 e. The minimum atomic E-state index is -1.06. The van der Waals surface area contributed by atoms with Gasteiger partial charge in [0.1, 0.15) is 11.6 Å². The number of rotatable bonds is 2. The van der Waals surface area contributed by atoms with E-state index < -0.39 is 5.60 Å². The first-order valence-corrected chi connectivity index (χ1v) is 6.69. The summed E-state index contributed by atoms with van der Waals surface area (Å²) in [7, 11) is 0. The molecule has 0 saturated heterocycles. The number of halogens is 2. The molecule has 0 saturated carbocycles. The number of fused-ring (bicyclic) bond motifs is 1. The fraction of sp³-hybridized carbons (Fsp3) is 0.333. The minimum Gasteiger partial charge on any atom is -0.469 e. The maximum Gasteiger partial charge on any atom is 0.126 e. The average molecular weight is 281 g/mol. The summed E-state index contributed by atoms with van der Waals surface area (Å²) in [5.74, 6) is 0.463. The molecule has 1 aliphatic carbocycles. The molecule has 0 bridgehead atoms. The maximum absolute atomic E-state index is 13.8. The molecule has 1 unspecified atom stereocenters. The van der Waals surface area contributed by atoms with Crippen molar-refractivity contribution in [3.05, 3.63) is 58.3 Å². The van der Waals surface area contributed by atoms with Gasteiger partial charge in [-0.15, -0.1) is 0 Å². The Labute approximate surface area is 115 Å². The van der Waals surface area contributed by atoms with Crippen molar-refractivity contribution in [1.82, 2.24) is 0 Å². The van der Waals surface area contributed by atoms with E-state index in [0.29, 0.717) is 17.0 Å².